The summed E-state index contributed by atoms with van der Waals surface area (Å²) in [4.78, 5) is 11.1. The van der Waals surface area contributed by atoms with Crippen molar-refractivity contribution in [2.75, 3.05) is 13.7 Å². The van der Waals surface area contributed by atoms with Gasteiger partial charge in [-0.3, -0.25) is 4.79 Å². The summed E-state index contributed by atoms with van der Waals surface area (Å²) in [5.74, 6) is 0.495. The number of esters is 1. The van der Waals surface area contributed by atoms with Crippen LogP contribution in [-0.4, -0.2) is 25.2 Å². The highest BCUT2D eigenvalue weighted by atomic mass is 35.5. The second kappa shape index (κ2) is 2.64. The molecular weight excluding hydrogens is 166 g/mol. The molecule has 0 spiro atoms. The van der Waals surface area contributed by atoms with E-state index < -0.39 is 0 Å². The van der Waals surface area contributed by atoms with Crippen LogP contribution in [0.1, 0.15) is 12.8 Å². The molecule has 0 unspecified atom stereocenters. The van der Waals surface area contributed by atoms with Crippen LogP contribution in [-0.2, 0) is 9.53 Å². The zero-order valence-electron chi connectivity index (χ0n) is 6.42. The van der Waals surface area contributed by atoms with Crippen molar-refractivity contribution in [3.8, 4) is 0 Å². The first kappa shape index (κ1) is 8.81. The normalized spacial score (nSPS) is 38.8. The van der Waals surface area contributed by atoms with Gasteiger partial charge in [0.1, 0.15) is 5.54 Å². The van der Waals surface area contributed by atoms with Gasteiger partial charge < -0.3 is 10.1 Å². The number of hydrogen-bond donors (Lipinski definition) is 1. The van der Waals surface area contributed by atoms with E-state index in [1.807, 2.05) is 0 Å². The van der Waals surface area contributed by atoms with Gasteiger partial charge in [0.05, 0.1) is 7.11 Å². The molecule has 2 fully saturated rings. The molecule has 0 bridgehead atoms. The third-order valence-corrected chi connectivity index (χ3v) is 2.59. The lowest BCUT2D eigenvalue weighted by Crippen LogP contribution is -2.37. The molecule has 1 N–H and O–H groups in total. The fourth-order valence-electron chi connectivity index (χ4n) is 1.87. The average molecular weight is 178 g/mol. The summed E-state index contributed by atoms with van der Waals surface area (Å²) in [6, 6.07) is 0. The Bertz CT molecular complexity index is 185. The molecular formula is C7H12ClNO2. The van der Waals surface area contributed by atoms with Gasteiger partial charge in [-0.25, -0.2) is 0 Å². The summed E-state index contributed by atoms with van der Waals surface area (Å²) in [6.45, 7) is 0.972. The van der Waals surface area contributed by atoms with Crippen molar-refractivity contribution in [1.29, 1.82) is 0 Å². The van der Waals surface area contributed by atoms with Crippen molar-refractivity contribution >= 4 is 18.4 Å². The van der Waals surface area contributed by atoms with Gasteiger partial charge in [0.2, 0.25) is 0 Å². The van der Waals surface area contributed by atoms with Gasteiger partial charge in [0.15, 0.2) is 0 Å². The Balaban J connectivity index is 0.000000605. The second-order valence-corrected chi connectivity index (χ2v) is 3.08. The van der Waals surface area contributed by atoms with Crippen molar-refractivity contribution < 1.29 is 9.53 Å². The smallest absolute Gasteiger partial charge is 0.326 e. The molecule has 2 atom stereocenters. The zero-order valence-corrected chi connectivity index (χ0v) is 7.24. The summed E-state index contributed by atoms with van der Waals surface area (Å²) in [7, 11) is 1.45. The topological polar surface area (TPSA) is 38.3 Å². The van der Waals surface area contributed by atoms with Crippen LogP contribution in [0.4, 0.5) is 0 Å². The Morgan fingerprint density at radius 1 is 1.73 bits per heavy atom. The van der Waals surface area contributed by atoms with Gasteiger partial charge in [0, 0.05) is 0 Å². The van der Waals surface area contributed by atoms with Crippen molar-refractivity contribution in [3.63, 3.8) is 0 Å². The van der Waals surface area contributed by atoms with Gasteiger partial charge in [-0.15, -0.1) is 12.4 Å². The zero-order chi connectivity index (χ0) is 7.19. The summed E-state index contributed by atoms with van der Waals surface area (Å²) >= 11 is 0. The highest BCUT2D eigenvalue weighted by Crippen LogP contribution is 2.50. The van der Waals surface area contributed by atoms with Gasteiger partial charge in [0.25, 0.3) is 0 Å². The first-order valence-electron chi connectivity index (χ1n) is 3.63. The predicted molar refractivity (Wildman–Crippen MR) is 42.7 cm³/mol. The van der Waals surface area contributed by atoms with Crippen LogP contribution in [0.3, 0.4) is 0 Å². The molecule has 1 saturated heterocycles. The Morgan fingerprint density at radius 3 is 2.82 bits per heavy atom. The first-order chi connectivity index (χ1) is 4.79. The number of methoxy groups -OCH3 is 1. The maximum Gasteiger partial charge on any atom is 0.326 e. The highest BCUT2D eigenvalue weighted by Gasteiger charge is 2.63. The molecule has 1 saturated carbocycles. The number of rotatable bonds is 1. The lowest BCUT2D eigenvalue weighted by molar-refractivity contribution is -0.144. The molecule has 0 amide bonds. The fraction of sp³-hybridized carbons (Fsp3) is 0.857. The number of hydrogen-bond acceptors (Lipinski definition) is 3. The molecule has 3 nitrogen and oxygen atoms in total. The SMILES string of the molecule is COC(=O)[C@]12C[C@@H]1CCN2.Cl. The molecule has 64 valence electrons. The molecule has 11 heavy (non-hydrogen) atoms. The van der Waals surface area contributed by atoms with Gasteiger partial charge in [-0.05, 0) is 25.3 Å². The maximum absolute atomic E-state index is 11.1. The van der Waals surface area contributed by atoms with E-state index in [1.54, 1.807) is 0 Å². The van der Waals surface area contributed by atoms with Crippen LogP contribution in [0.15, 0.2) is 0 Å². The minimum Gasteiger partial charge on any atom is -0.468 e. The lowest BCUT2D eigenvalue weighted by Gasteiger charge is -2.08. The number of carbonyl (C=O) groups is 1. The molecule has 1 aliphatic carbocycles. The van der Waals surface area contributed by atoms with Crippen LogP contribution in [0, 0.1) is 5.92 Å². The Kier molecular flexibility index (Phi) is 2.12. The number of halogens is 1. The van der Waals surface area contributed by atoms with Crippen molar-refractivity contribution in [2.24, 2.45) is 5.92 Å². The third-order valence-electron chi connectivity index (χ3n) is 2.59. The Labute approximate surface area is 71.9 Å². The van der Waals surface area contributed by atoms with Crippen LogP contribution in [0.2, 0.25) is 0 Å². The van der Waals surface area contributed by atoms with E-state index >= 15 is 0 Å². The largest absolute Gasteiger partial charge is 0.468 e. The summed E-state index contributed by atoms with van der Waals surface area (Å²) < 4.78 is 4.68. The monoisotopic (exact) mass is 177 g/mol. The molecule has 4 heteroatoms. The number of piperidine rings is 1. The average Bonchev–Trinajstić information content (AvgIpc) is 2.54. The van der Waals surface area contributed by atoms with Crippen molar-refractivity contribution in [1.82, 2.24) is 5.32 Å². The van der Waals surface area contributed by atoms with Gasteiger partial charge in [-0.2, -0.15) is 0 Å². The maximum atomic E-state index is 11.1. The van der Waals surface area contributed by atoms with Crippen LogP contribution in [0.5, 0.6) is 0 Å². The number of fused-ring (bicyclic) bond motifs is 1. The predicted octanol–water partition coefficient (Wildman–Crippen LogP) is 0.333. The van der Waals surface area contributed by atoms with E-state index in [2.05, 4.69) is 10.1 Å². The molecule has 0 radical (unpaired) electrons. The summed E-state index contributed by atoms with van der Waals surface area (Å²) in [5.41, 5.74) is -0.241. The molecule has 2 rings (SSSR count). The molecule has 0 aromatic carbocycles. The molecule has 1 aliphatic heterocycles. The van der Waals surface area contributed by atoms with E-state index in [0.717, 1.165) is 19.4 Å². The molecule has 0 aromatic rings. The third kappa shape index (κ3) is 1.03. The van der Waals surface area contributed by atoms with E-state index in [4.69, 9.17) is 0 Å². The van der Waals surface area contributed by atoms with Crippen LogP contribution in [0.25, 0.3) is 0 Å². The second-order valence-electron chi connectivity index (χ2n) is 3.08. The van der Waals surface area contributed by atoms with E-state index in [-0.39, 0.29) is 23.9 Å². The molecule has 2 aliphatic rings. The van der Waals surface area contributed by atoms with E-state index in [1.165, 1.54) is 7.11 Å². The Hall–Kier alpha value is -0.280. The summed E-state index contributed by atoms with van der Waals surface area (Å²) in [6.07, 6.45) is 2.12. The van der Waals surface area contributed by atoms with E-state index in [9.17, 15) is 4.79 Å². The number of carbonyl (C=O) groups excluding carboxylic acids is 1. The quantitative estimate of drug-likeness (QED) is 0.587. The minimum atomic E-state index is -0.241. The highest BCUT2D eigenvalue weighted by molar-refractivity contribution is 5.85. The number of nitrogens with one attached hydrogen (secondary N) is 1. The van der Waals surface area contributed by atoms with Crippen molar-refractivity contribution in [2.45, 2.75) is 18.4 Å². The van der Waals surface area contributed by atoms with E-state index in [0.29, 0.717) is 5.92 Å². The van der Waals surface area contributed by atoms with Crippen molar-refractivity contribution in [3.05, 3.63) is 0 Å². The fourth-order valence-corrected chi connectivity index (χ4v) is 1.87. The van der Waals surface area contributed by atoms with Gasteiger partial charge >= 0.3 is 5.97 Å². The lowest BCUT2D eigenvalue weighted by atomic mass is 10.2. The van der Waals surface area contributed by atoms with Gasteiger partial charge in [-0.1, -0.05) is 0 Å². The number of ether oxygens (including phenoxy) is 1. The molecule has 1 heterocycles. The molecule has 0 aromatic heterocycles. The standard InChI is InChI=1S/C7H11NO2.ClH/c1-10-6(9)7-4-5(7)2-3-8-7;/h5,8H,2-4H2,1H3;1H/t5-,7-;/m0./s1. The van der Waals surface area contributed by atoms with Crippen LogP contribution < -0.4 is 5.32 Å². The summed E-state index contributed by atoms with van der Waals surface area (Å²) in [5, 5.41) is 3.18. The van der Waals surface area contributed by atoms with Crippen LogP contribution >= 0.6 is 12.4 Å². The first-order valence-corrected chi connectivity index (χ1v) is 3.63. The minimum absolute atomic E-state index is 0. The Morgan fingerprint density at radius 2 is 2.45 bits per heavy atom.